The predicted molar refractivity (Wildman–Crippen MR) is 128 cm³/mol. The predicted octanol–water partition coefficient (Wildman–Crippen LogP) is 2.90. The van der Waals surface area contributed by atoms with Crippen molar-refractivity contribution in [1.82, 2.24) is 14.5 Å². The van der Waals surface area contributed by atoms with Crippen LogP contribution in [0.25, 0.3) is 0 Å². The van der Waals surface area contributed by atoms with Gasteiger partial charge in [-0.3, -0.25) is 9.59 Å². The number of hydrogen-bond donors (Lipinski definition) is 1. The third-order valence-electron chi connectivity index (χ3n) is 6.48. The fourth-order valence-corrected chi connectivity index (χ4v) is 5.98. The molecule has 34 heavy (non-hydrogen) atoms. The van der Waals surface area contributed by atoms with Crippen LogP contribution in [0, 0.1) is 0 Å². The van der Waals surface area contributed by atoms with Gasteiger partial charge in [0.05, 0.1) is 17.6 Å². The first-order valence-corrected chi connectivity index (χ1v) is 13.2. The number of carbonyl (C=O) groups is 2. The maximum atomic E-state index is 13.2. The lowest BCUT2D eigenvalue weighted by molar-refractivity contribution is 0.0716. The Kier molecular flexibility index (Phi) is 7.53. The monoisotopic (exact) mass is 485 g/mol. The first-order valence-electron chi connectivity index (χ1n) is 11.7. The second kappa shape index (κ2) is 10.6. The van der Waals surface area contributed by atoms with Crippen LogP contribution in [-0.4, -0.2) is 69.4 Å². The number of sulfonamides is 1. The van der Waals surface area contributed by atoms with E-state index in [1.54, 1.807) is 40.1 Å². The van der Waals surface area contributed by atoms with Crippen molar-refractivity contribution in [3.8, 4) is 5.75 Å². The molecule has 1 aliphatic carbocycles. The molecule has 0 atom stereocenters. The second-order valence-corrected chi connectivity index (χ2v) is 10.5. The quantitative estimate of drug-likeness (QED) is 0.679. The third kappa shape index (κ3) is 5.42. The van der Waals surface area contributed by atoms with Gasteiger partial charge in [0.2, 0.25) is 10.0 Å². The Hall–Kier alpha value is -2.91. The van der Waals surface area contributed by atoms with Crippen LogP contribution in [0.5, 0.6) is 5.75 Å². The first kappa shape index (κ1) is 24.2. The number of ether oxygens (including phenoxy) is 1. The van der Waals surface area contributed by atoms with Crippen LogP contribution in [0.4, 0.5) is 0 Å². The highest BCUT2D eigenvalue weighted by Gasteiger charge is 2.27. The summed E-state index contributed by atoms with van der Waals surface area (Å²) in [6, 6.07) is 13.3. The van der Waals surface area contributed by atoms with Crippen LogP contribution in [0.3, 0.4) is 0 Å². The second-order valence-electron chi connectivity index (χ2n) is 8.77. The fourth-order valence-electron chi connectivity index (χ4n) is 4.63. The molecule has 2 fully saturated rings. The zero-order valence-corrected chi connectivity index (χ0v) is 20.2. The van der Waals surface area contributed by atoms with Gasteiger partial charge >= 0.3 is 0 Å². The highest BCUT2D eigenvalue weighted by Crippen LogP contribution is 2.22. The Labute approximate surface area is 200 Å². The SMILES string of the molecule is COc1ccccc1C(=O)N1CCCN(C(=O)c2cccc(S(=O)(=O)NC3CCCC3)c2)CC1. The Morgan fingerprint density at radius 1 is 0.882 bits per heavy atom. The van der Waals surface area contributed by atoms with Crippen LogP contribution in [0.15, 0.2) is 53.4 Å². The number of rotatable bonds is 6. The molecule has 1 saturated heterocycles. The molecular weight excluding hydrogens is 454 g/mol. The van der Waals surface area contributed by atoms with E-state index in [4.69, 9.17) is 4.74 Å². The molecule has 8 nitrogen and oxygen atoms in total. The summed E-state index contributed by atoms with van der Waals surface area (Å²) in [6.07, 6.45) is 4.37. The first-order chi connectivity index (χ1) is 16.4. The van der Waals surface area contributed by atoms with E-state index in [1.807, 2.05) is 6.07 Å². The van der Waals surface area contributed by atoms with Gasteiger partial charge in [0.15, 0.2) is 0 Å². The van der Waals surface area contributed by atoms with Gasteiger partial charge in [-0.25, -0.2) is 13.1 Å². The van der Waals surface area contributed by atoms with Crippen LogP contribution < -0.4 is 9.46 Å². The van der Waals surface area contributed by atoms with E-state index < -0.39 is 10.0 Å². The lowest BCUT2D eigenvalue weighted by Gasteiger charge is -2.23. The summed E-state index contributed by atoms with van der Waals surface area (Å²) in [5.41, 5.74) is 0.830. The molecule has 1 N–H and O–H groups in total. The molecule has 0 aromatic heterocycles. The maximum absolute atomic E-state index is 13.2. The Morgan fingerprint density at radius 3 is 2.26 bits per heavy atom. The third-order valence-corrected chi connectivity index (χ3v) is 7.99. The number of benzene rings is 2. The number of carbonyl (C=O) groups excluding carboxylic acids is 2. The summed E-state index contributed by atoms with van der Waals surface area (Å²) >= 11 is 0. The molecule has 2 aromatic rings. The molecule has 1 aliphatic heterocycles. The molecule has 2 aromatic carbocycles. The average Bonchev–Trinajstić information content (AvgIpc) is 3.23. The minimum Gasteiger partial charge on any atom is -0.496 e. The van der Waals surface area contributed by atoms with E-state index in [-0.39, 0.29) is 22.8 Å². The molecule has 1 heterocycles. The smallest absolute Gasteiger partial charge is 0.257 e. The number of nitrogens with one attached hydrogen (secondary N) is 1. The number of methoxy groups -OCH3 is 1. The molecular formula is C25H31N3O5S. The molecule has 9 heteroatoms. The molecule has 0 radical (unpaired) electrons. The van der Waals surface area contributed by atoms with Crippen molar-refractivity contribution in [2.75, 3.05) is 33.3 Å². The summed E-state index contributed by atoms with van der Waals surface area (Å²) in [7, 11) is -2.15. The fraction of sp³-hybridized carbons (Fsp3) is 0.440. The summed E-state index contributed by atoms with van der Waals surface area (Å²) < 4.78 is 33.7. The van der Waals surface area contributed by atoms with Crippen LogP contribution >= 0.6 is 0 Å². The van der Waals surface area contributed by atoms with Gasteiger partial charge in [0, 0.05) is 37.8 Å². The van der Waals surface area contributed by atoms with Crippen molar-refractivity contribution in [1.29, 1.82) is 0 Å². The Morgan fingerprint density at radius 2 is 1.56 bits per heavy atom. The molecule has 0 spiro atoms. The van der Waals surface area contributed by atoms with Crippen molar-refractivity contribution >= 4 is 21.8 Å². The van der Waals surface area contributed by atoms with E-state index in [9.17, 15) is 18.0 Å². The van der Waals surface area contributed by atoms with E-state index >= 15 is 0 Å². The lowest BCUT2D eigenvalue weighted by atomic mass is 10.1. The Bertz CT molecular complexity index is 1140. The number of para-hydroxylation sites is 1. The van der Waals surface area contributed by atoms with Crippen LogP contribution in [0.2, 0.25) is 0 Å². The molecule has 0 bridgehead atoms. The van der Waals surface area contributed by atoms with Crippen molar-refractivity contribution in [2.24, 2.45) is 0 Å². The largest absolute Gasteiger partial charge is 0.496 e. The zero-order valence-electron chi connectivity index (χ0n) is 19.4. The lowest BCUT2D eigenvalue weighted by Crippen LogP contribution is -2.37. The number of amides is 2. The van der Waals surface area contributed by atoms with Crippen molar-refractivity contribution < 1.29 is 22.7 Å². The molecule has 1 saturated carbocycles. The van der Waals surface area contributed by atoms with Crippen molar-refractivity contribution in [3.05, 3.63) is 59.7 Å². The molecule has 182 valence electrons. The van der Waals surface area contributed by atoms with E-state index in [0.717, 1.165) is 25.7 Å². The summed E-state index contributed by atoms with van der Waals surface area (Å²) in [5.74, 6) is 0.163. The minimum absolute atomic E-state index is 0.0401. The van der Waals surface area contributed by atoms with Crippen molar-refractivity contribution in [2.45, 2.75) is 43.0 Å². The van der Waals surface area contributed by atoms with E-state index in [0.29, 0.717) is 49.5 Å². The standard InChI is InChI=1S/C25H31N3O5S/c1-33-23-13-5-4-12-22(23)25(30)28-15-7-14-27(16-17-28)24(29)19-8-6-11-21(18-19)34(31,32)26-20-9-2-3-10-20/h4-6,8,11-13,18,20,26H,2-3,7,9-10,14-17H2,1H3. The zero-order chi connectivity index (χ0) is 24.1. The summed E-state index contributed by atoms with van der Waals surface area (Å²) in [5, 5.41) is 0. The van der Waals surface area contributed by atoms with E-state index in [1.165, 1.54) is 19.2 Å². The minimum atomic E-state index is -3.68. The topological polar surface area (TPSA) is 96.0 Å². The van der Waals surface area contributed by atoms with Gasteiger partial charge in [0.1, 0.15) is 5.75 Å². The molecule has 0 unspecified atom stereocenters. The average molecular weight is 486 g/mol. The number of hydrogen-bond acceptors (Lipinski definition) is 5. The van der Waals surface area contributed by atoms with Gasteiger partial charge in [-0.15, -0.1) is 0 Å². The normalized spacial score (nSPS) is 17.4. The van der Waals surface area contributed by atoms with Crippen LogP contribution in [0.1, 0.15) is 52.8 Å². The van der Waals surface area contributed by atoms with Gasteiger partial charge in [-0.2, -0.15) is 0 Å². The highest BCUT2D eigenvalue weighted by atomic mass is 32.2. The maximum Gasteiger partial charge on any atom is 0.257 e. The highest BCUT2D eigenvalue weighted by molar-refractivity contribution is 7.89. The van der Waals surface area contributed by atoms with Gasteiger partial charge in [0.25, 0.3) is 11.8 Å². The summed E-state index contributed by atoms with van der Waals surface area (Å²) in [6.45, 7) is 1.78. The molecule has 2 aliphatic rings. The van der Waals surface area contributed by atoms with Crippen molar-refractivity contribution in [3.63, 3.8) is 0 Å². The van der Waals surface area contributed by atoms with Gasteiger partial charge < -0.3 is 14.5 Å². The van der Waals surface area contributed by atoms with Crippen LogP contribution in [-0.2, 0) is 10.0 Å². The van der Waals surface area contributed by atoms with Gasteiger partial charge in [-0.05, 0) is 49.6 Å². The Balaban J connectivity index is 1.44. The summed E-state index contributed by atoms with van der Waals surface area (Å²) in [4.78, 5) is 29.8. The molecule has 2 amide bonds. The van der Waals surface area contributed by atoms with E-state index in [2.05, 4.69) is 4.72 Å². The number of nitrogens with zero attached hydrogens (tertiary/aromatic N) is 2. The molecule has 4 rings (SSSR count). The van der Waals surface area contributed by atoms with Gasteiger partial charge in [-0.1, -0.05) is 31.0 Å².